The second kappa shape index (κ2) is 3.55. The molecule has 1 unspecified atom stereocenters. The van der Waals surface area contributed by atoms with Crippen LogP contribution in [0.3, 0.4) is 0 Å². The van der Waals surface area contributed by atoms with Crippen LogP contribution in [0.15, 0.2) is 16.6 Å². The number of fused-ring (bicyclic) bond motifs is 1. The van der Waals surface area contributed by atoms with E-state index < -0.39 is 0 Å². The van der Waals surface area contributed by atoms with Crippen molar-refractivity contribution < 1.29 is 9.18 Å². The molecule has 1 saturated carbocycles. The molecule has 0 spiro atoms. The van der Waals surface area contributed by atoms with Gasteiger partial charge in [-0.25, -0.2) is 4.39 Å². The van der Waals surface area contributed by atoms with Gasteiger partial charge in [0.25, 0.3) is 0 Å². The molecule has 1 atom stereocenters. The summed E-state index contributed by atoms with van der Waals surface area (Å²) in [5.74, 6) is 0.270. The van der Waals surface area contributed by atoms with Gasteiger partial charge in [-0.1, -0.05) is 0 Å². The summed E-state index contributed by atoms with van der Waals surface area (Å²) in [6.07, 6.45) is 2.43. The van der Waals surface area contributed by atoms with Gasteiger partial charge in [0.2, 0.25) is 0 Å². The smallest absolute Gasteiger partial charge is 0.159 e. The fraction of sp³-hybridized carbons (Fsp3) is 0.417. The highest BCUT2D eigenvalue weighted by Crippen LogP contribution is 2.39. The van der Waals surface area contributed by atoms with Crippen LogP contribution in [0, 0.1) is 11.7 Å². The predicted molar refractivity (Wildman–Crippen MR) is 62.9 cm³/mol. The van der Waals surface area contributed by atoms with Crippen molar-refractivity contribution in [3.8, 4) is 0 Å². The predicted octanol–water partition coefficient (Wildman–Crippen LogP) is 2.90. The Kier molecular flexibility index (Phi) is 2.28. The zero-order valence-electron chi connectivity index (χ0n) is 8.59. The van der Waals surface area contributed by atoms with Crippen molar-refractivity contribution in [3.05, 3.63) is 28.0 Å². The topological polar surface area (TPSA) is 29.1 Å². The molecule has 0 aromatic heterocycles. The Morgan fingerprint density at radius 2 is 2.12 bits per heavy atom. The van der Waals surface area contributed by atoms with E-state index in [0.29, 0.717) is 16.0 Å². The zero-order chi connectivity index (χ0) is 11.3. The molecular formula is C12H11BrFNO. The molecule has 1 aromatic rings. The zero-order valence-corrected chi connectivity index (χ0v) is 10.2. The lowest BCUT2D eigenvalue weighted by atomic mass is 9.94. The molecule has 1 aliphatic heterocycles. The molecule has 0 bridgehead atoms. The summed E-state index contributed by atoms with van der Waals surface area (Å²) in [6.45, 7) is 0. The third-order valence-electron chi connectivity index (χ3n) is 3.30. The molecule has 84 valence electrons. The van der Waals surface area contributed by atoms with Gasteiger partial charge < -0.3 is 5.32 Å². The Labute approximate surface area is 101 Å². The average Bonchev–Trinajstić information content (AvgIpc) is 3.08. The lowest BCUT2D eigenvalue weighted by Crippen LogP contribution is -2.37. The normalized spacial score (nSPS) is 23.9. The van der Waals surface area contributed by atoms with Gasteiger partial charge in [-0.15, -0.1) is 0 Å². The highest BCUT2D eigenvalue weighted by Gasteiger charge is 2.39. The number of halogens is 2. The van der Waals surface area contributed by atoms with Gasteiger partial charge >= 0.3 is 0 Å². The van der Waals surface area contributed by atoms with Gasteiger partial charge in [-0.3, -0.25) is 4.79 Å². The number of Topliss-reactive ketones (excluding diaryl/α,β-unsaturated/α-hetero) is 1. The number of benzene rings is 1. The number of hydrogen-bond acceptors (Lipinski definition) is 2. The number of nitrogens with one attached hydrogen (secondary N) is 1. The number of ketones is 1. The van der Waals surface area contributed by atoms with Crippen molar-refractivity contribution in [3.63, 3.8) is 0 Å². The molecule has 4 heteroatoms. The van der Waals surface area contributed by atoms with Gasteiger partial charge in [0.05, 0.1) is 10.5 Å². The van der Waals surface area contributed by atoms with E-state index in [1.807, 2.05) is 6.07 Å². The summed E-state index contributed by atoms with van der Waals surface area (Å²) in [4.78, 5) is 11.9. The average molecular weight is 284 g/mol. The number of rotatable bonds is 1. The van der Waals surface area contributed by atoms with E-state index in [1.165, 1.54) is 0 Å². The number of anilines is 1. The minimum Gasteiger partial charge on any atom is -0.375 e. The van der Waals surface area contributed by atoms with Crippen LogP contribution in [0.4, 0.5) is 10.1 Å². The summed E-state index contributed by atoms with van der Waals surface area (Å²) in [7, 11) is 0. The molecular weight excluding hydrogens is 273 g/mol. The quantitative estimate of drug-likeness (QED) is 0.859. The molecule has 1 heterocycles. The highest BCUT2D eigenvalue weighted by molar-refractivity contribution is 9.10. The van der Waals surface area contributed by atoms with E-state index in [1.54, 1.807) is 6.07 Å². The lowest BCUT2D eigenvalue weighted by Gasteiger charge is -2.26. The van der Waals surface area contributed by atoms with Gasteiger partial charge in [0, 0.05) is 17.7 Å². The SMILES string of the molecule is O=C1Cc2c(ccc(Br)c2F)NC1C1CC1. The molecule has 1 aliphatic carbocycles. The van der Waals surface area contributed by atoms with Crippen LogP contribution in [0.2, 0.25) is 0 Å². The van der Waals surface area contributed by atoms with Crippen LogP contribution in [0.25, 0.3) is 0 Å². The van der Waals surface area contributed by atoms with E-state index in [2.05, 4.69) is 21.2 Å². The summed E-state index contributed by atoms with van der Waals surface area (Å²) in [5.41, 5.74) is 1.27. The third kappa shape index (κ3) is 1.56. The first-order valence-electron chi connectivity index (χ1n) is 5.43. The van der Waals surface area contributed by atoms with Crippen LogP contribution >= 0.6 is 15.9 Å². The highest BCUT2D eigenvalue weighted by atomic mass is 79.9. The van der Waals surface area contributed by atoms with Gasteiger partial charge in [-0.2, -0.15) is 0 Å². The lowest BCUT2D eigenvalue weighted by molar-refractivity contribution is -0.119. The maximum absolute atomic E-state index is 13.8. The Balaban J connectivity index is 2.00. The fourth-order valence-electron chi connectivity index (χ4n) is 2.24. The molecule has 3 rings (SSSR count). The van der Waals surface area contributed by atoms with Crippen LogP contribution in [0.1, 0.15) is 18.4 Å². The van der Waals surface area contributed by atoms with Gasteiger partial charge in [-0.05, 0) is 46.8 Å². The second-order valence-electron chi connectivity index (χ2n) is 4.49. The van der Waals surface area contributed by atoms with Gasteiger partial charge in [0.1, 0.15) is 5.82 Å². The van der Waals surface area contributed by atoms with Crippen LogP contribution in [0.5, 0.6) is 0 Å². The van der Waals surface area contributed by atoms with Crippen molar-refractivity contribution in [1.82, 2.24) is 0 Å². The maximum Gasteiger partial charge on any atom is 0.159 e. The molecule has 0 radical (unpaired) electrons. The molecule has 16 heavy (non-hydrogen) atoms. The molecule has 0 amide bonds. The van der Waals surface area contributed by atoms with Crippen molar-refractivity contribution in [2.75, 3.05) is 5.32 Å². The molecule has 2 nitrogen and oxygen atoms in total. The summed E-state index contributed by atoms with van der Waals surface area (Å²) >= 11 is 3.14. The van der Waals surface area contributed by atoms with Crippen molar-refractivity contribution in [2.24, 2.45) is 5.92 Å². The molecule has 1 fully saturated rings. The maximum atomic E-state index is 13.8. The van der Waals surface area contributed by atoms with Crippen molar-refractivity contribution in [2.45, 2.75) is 25.3 Å². The minimum atomic E-state index is -0.312. The summed E-state index contributed by atoms with van der Waals surface area (Å²) < 4.78 is 14.2. The Bertz CT molecular complexity index is 470. The summed E-state index contributed by atoms with van der Waals surface area (Å²) in [6, 6.07) is 3.43. The number of carbonyl (C=O) groups is 1. The molecule has 1 aromatic carbocycles. The largest absolute Gasteiger partial charge is 0.375 e. The molecule has 2 aliphatic rings. The molecule has 1 N–H and O–H groups in total. The number of hydrogen-bond donors (Lipinski definition) is 1. The second-order valence-corrected chi connectivity index (χ2v) is 5.34. The monoisotopic (exact) mass is 283 g/mol. The van der Waals surface area contributed by atoms with E-state index in [-0.39, 0.29) is 24.1 Å². The van der Waals surface area contributed by atoms with Crippen LogP contribution in [-0.2, 0) is 11.2 Å². The van der Waals surface area contributed by atoms with E-state index >= 15 is 0 Å². The number of carbonyl (C=O) groups excluding carboxylic acids is 1. The van der Waals surface area contributed by atoms with Crippen molar-refractivity contribution >= 4 is 27.4 Å². The fourth-order valence-corrected chi connectivity index (χ4v) is 2.61. The summed E-state index contributed by atoms with van der Waals surface area (Å²) in [5, 5.41) is 3.17. The first-order valence-corrected chi connectivity index (χ1v) is 6.22. The van der Waals surface area contributed by atoms with Crippen molar-refractivity contribution in [1.29, 1.82) is 0 Å². The first kappa shape index (κ1) is 10.3. The minimum absolute atomic E-state index is 0.0897. The van der Waals surface area contributed by atoms with Crippen LogP contribution in [-0.4, -0.2) is 11.8 Å². The van der Waals surface area contributed by atoms with Crippen LogP contribution < -0.4 is 5.32 Å². The third-order valence-corrected chi connectivity index (χ3v) is 3.91. The van der Waals surface area contributed by atoms with E-state index in [0.717, 1.165) is 18.5 Å². The van der Waals surface area contributed by atoms with E-state index in [9.17, 15) is 9.18 Å². The Morgan fingerprint density at radius 1 is 1.38 bits per heavy atom. The first-order chi connectivity index (χ1) is 7.66. The Hall–Kier alpha value is -0.900. The van der Waals surface area contributed by atoms with E-state index in [4.69, 9.17) is 0 Å². The van der Waals surface area contributed by atoms with Gasteiger partial charge in [0.15, 0.2) is 5.78 Å². The Morgan fingerprint density at radius 3 is 2.81 bits per heavy atom. The standard InChI is InChI=1S/C12H11BrFNO/c13-8-3-4-9-7(11(8)14)5-10(16)12(15-9)6-1-2-6/h3-4,6,12,15H,1-2,5H2. The molecule has 0 saturated heterocycles.